The van der Waals surface area contributed by atoms with E-state index in [-0.39, 0.29) is 18.2 Å². The second-order valence-corrected chi connectivity index (χ2v) is 4.64. The third-order valence-electron chi connectivity index (χ3n) is 2.80. The molecule has 0 bridgehead atoms. The van der Waals surface area contributed by atoms with Crippen LogP contribution in [0, 0.1) is 0 Å². The lowest BCUT2D eigenvalue weighted by molar-refractivity contribution is 0.117. The van der Waals surface area contributed by atoms with Gasteiger partial charge in [0.2, 0.25) is 0 Å². The number of nitrogens with one attached hydrogen (secondary N) is 2. The monoisotopic (exact) mass is 226 g/mol. The predicted molar refractivity (Wildman–Crippen MR) is 64.2 cm³/mol. The van der Waals surface area contributed by atoms with E-state index in [1.54, 1.807) is 0 Å². The lowest BCUT2D eigenvalue weighted by Gasteiger charge is -2.26. The zero-order valence-corrected chi connectivity index (χ0v) is 10.1. The third kappa shape index (κ3) is 5.16. The summed E-state index contributed by atoms with van der Waals surface area (Å²) >= 11 is 0. The van der Waals surface area contributed by atoms with E-state index in [1.807, 2.05) is 19.9 Å². The Morgan fingerprint density at radius 2 is 1.94 bits per heavy atom. The first-order chi connectivity index (χ1) is 7.58. The average Bonchev–Trinajstić information content (AvgIpc) is 2.21. The summed E-state index contributed by atoms with van der Waals surface area (Å²) < 4.78 is 0. The van der Waals surface area contributed by atoms with E-state index in [0.717, 1.165) is 25.7 Å². The summed E-state index contributed by atoms with van der Waals surface area (Å²) in [5, 5.41) is 15.0. The van der Waals surface area contributed by atoms with E-state index in [9.17, 15) is 9.90 Å². The molecule has 0 aromatic carbocycles. The molecule has 0 saturated heterocycles. The van der Waals surface area contributed by atoms with Gasteiger partial charge in [-0.2, -0.15) is 0 Å². The van der Waals surface area contributed by atoms with E-state index >= 15 is 0 Å². The van der Waals surface area contributed by atoms with Crippen LogP contribution >= 0.6 is 0 Å². The predicted octanol–water partition coefficient (Wildman–Crippen LogP) is 1.56. The van der Waals surface area contributed by atoms with Gasteiger partial charge in [0, 0.05) is 12.6 Å². The molecule has 1 fully saturated rings. The molecule has 1 aliphatic carbocycles. The zero-order chi connectivity index (χ0) is 12.0. The highest BCUT2D eigenvalue weighted by Gasteiger charge is 2.20. The van der Waals surface area contributed by atoms with Gasteiger partial charge >= 0.3 is 6.03 Å². The van der Waals surface area contributed by atoms with Crippen LogP contribution in [0.3, 0.4) is 0 Å². The number of rotatable bonds is 3. The maximum atomic E-state index is 11.5. The van der Waals surface area contributed by atoms with Crippen LogP contribution in [0.1, 0.15) is 39.5 Å². The van der Waals surface area contributed by atoms with Gasteiger partial charge in [0.25, 0.3) is 0 Å². The van der Waals surface area contributed by atoms with E-state index in [0.29, 0.717) is 6.54 Å². The molecule has 1 rings (SSSR count). The number of urea groups is 1. The molecular weight excluding hydrogens is 204 g/mol. The first kappa shape index (κ1) is 13.0. The van der Waals surface area contributed by atoms with Gasteiger partial charge in [0.15, 0.2) is 0 Å². The van der Waals surface area contributed by atoms with Crippen LogP contribution in [-0.2, 0) is 0 Å². The highest BCUT2D eigenvalue weighted by Crippen LogP contribution is 2.17. The minimum absolute atomic E-state index is 0.112. The summed E-state index contributed by atoms with van der Waals surface area (Å²) in [6, 6.07) is 0.106. The summed E-state index contributed by atoms with van der Waals surface area (Å²) in [6.07, 6.45) is 5.13. The Morgan fingerprint density at radius 3 is 2.50 bits per heavy atom. The number of aliphatic hydroxyl groups excluding tert-OH is 1. The molecule has 16 heavy (non-hydrogen) atoms. The van der Waals surface area contributed by atoms with E-state index in [2.05, 4.69) is 10.6 Å². The SMILES string of the molecule is CC(C)=CCNC(=O)NC1CCC(O)CC1. The summed E-state index contributed by atoms with van der Waals surface area (Å²) in [5.41, 5.74) is 1.20. The molecule has 1 aliphatic rings. The molecule has 0 aromatic rings. The molecule has 3 N–H and O–H groups in total. The molecule has 4 nitrogen and oxygen atoms in total. The summed E-state index contributed by atoms with van der Waals surface area (Å²) in [7, 11) is 0. The smallest absolute Gasteiger partial charge is 0.315 e. The normalized spacial score (nSPS) is 24.7. The highest BCUT2D eigenvalue weighted by molar-refractivity contribution is 5.74. The minimum atomic E-state index is -0.174. The number of aliphatic hydroxyl groups is 1. The van der Waals surface area contributed by atoms with Crippen LogP contribution in [0.25, 0.3) is 0 Å². The average molecular weight is 226 g/mol. The van der Waals surface area contributed by atoms with E-state index < -0.39 is 0 Å². The molecule has 0 radical (unpaired) electrons. The molecule has 0 heterocycles. The van der Waals surface area contributed by atoms with Crippen LogP contribution in [0.15, 0.2) is 11.6 Å². The fraction of sp³-hybridized carbons (Fsp3) is 0.750. The number of allylic oxidation sites excluding steroid dienone is 1. The minimum Gasteiger partial charge on any atom is -0.393 e. The molecule has 0 unspecified atom stereocenters. The Balaban J connectivity index is 2.16. The fourth-order valence-electron chi connectivity index (χ4n) is 1.80. The number of carbonyl (C=O) groups excluding carboxylic acids is 1. The van der Waals surface area contributed by atoms with E-state index in [1.165, 1.54) is 5.57 Å². The fourth-order valence-corrected chi connectivity index (χ4v) is 1.80. The van der Waals surface area contributed by atoms with Crippen molar-refractivity contribution in [3.8, 4) is 0 Å². The summed E-state index contributed by atoms with van der Waals surface area (Å²) in [5.74, 6) is 0. The second-order valence-electron chi connectivity index (χ2n) is 4.64. The van der Waals surface area contributed by atoms with Gasteiger partial charge in [-0.3, -0.25) is 0 Å². The quantitative estimate of drug-likeness (QED) is 0.639. The molecule has 0 aromatic heterocycles. The molecule has 0 spiro atoms. The van der Waals surface area contributed by atoms with Gasteiger partial charge in [-0.1, -0.05) is 11.6 Å². The second kappa shape index (κ2) is 6.53. The van der Waals surface area contributed by atoms with Crippen LogP contribution in [0.2, 0.25) is 0 Å². The Labute approximate surface area is 97.1 Å². The molecule has 0 atom stereocenters. The number of carbonyl (C=O) groups is 1. The number of amides is 2. The Hall–Kier alpha value is -1.03. The van der Waals surface area contributed by atoms with Gasteiger partial charge in [0.1, 0.15) is 0 Å². The van der Waals surface area contributed by atoms with Crippen LogP contribution in [0.5, 0.6) is 0 Å². The van der Waals surface area contributed by atoms with Gasteiger partial charge in [-0.15, -0.1) is 0 Å². The first-order valence-corrected chi connectivity index (χ1v) is 5.93. The Morgan fingerprint density at radius 1 is 1.31 bits per heavy atom. The number of hydrogen-bond acceptors (Lipinski definition) is 2. The standard InChI is InChI=1S/C12H22N2O2/c1-9(2)7-8-13-12(16)14-10-3-5-11(15)6-4-10/h7,10-11,15H,3-6,8H2,1-2H3,(H2,13,14,16). The van der Waals surface area contributed by atoms with Gasteiger partial charge in [-0.05, 0) is 39.5 Å². The van der Waals surface area contributed by atoms with Crippen molar-refractivity contribution < 1.29 is 9.90 Å². The topological polar surface area (TPSA) is 61.4 Å². The maximum absolute atomic E-state index is 11.5. The van der Waals surface area contributed by atoms with Crippen molar-refractivity contribution in [1.82, 2.24) is 10.6 Å². The Bertz CT molecular complexity index is 252. The van der Waals surface area contributed by atoms with Crippen molar-refractivity contribution in [2.45, 2.75) is 51.7 Å². The third-order valence-corrected chi connectivity index (χ3v) is 2.80. The van der Waals surface area contributed by atoms with Crippen molar-refractivity contribution in [2.75, 3.05) is 6.54 Å². The van der Waals surface area contributed by atoms with Gasteiger partial charge in [0.05, 0.1) is 6.10 Å². The van der Waals surface area contributed by atoms with Crippen molar-refractivity contribution in [1.29, 1.82) is 0 Å². The Kier molecular flexibility index (Phi) is 5.32. The van der Waals surface area contributed by atoms with Crippen molar-refractivity contribution in [3.63, 3.8) is 0 Å². The van der Waals surface area contributed by atoms with Gasteiger partial charge < -0.3 is 15.7 Å². The number of hydrogen-bond donors (Lipinski definition) is 3. The lowest BCUT2D eigenvalue weighted by atomic mass is 9.93. The first-order valence-electron chi connectivity index (χ1n) is 5.93. The van der Waals surface area contributed by atoms with Gasteiger partial charge in [-0.25, -0.2) is 4.79 Å². The summed E-state index contributed by atoms with van der Waals surface area (Å²) in [4.78, 5) is 11.5. The molecule has 2 amide bonds. The van der Waals surface area contributed by atoms with Crippen molar-refractivity contribution in [3.05, 3.63) is 11.6 Å². The van der Waals surface area contributed by atoms with Crippen LogP contribution in [-0.4, -0.2) is 29.8 Å². The molecule has 0 aliphatic heterocycles. The van der Waals surface area contributed by atoms with E-state index in [4.69, 9.17) is 0 Å². The molecule has 1 saturated carbocycles. The maximum Gasteiger partial charge on any atom is 0.315 e. The van der Waals surface area contributed by atoms with Crippen LogP contribution in [0.4, 0.5) is 4.79 Å². The highest BCUT2D eigenvalue weighted by atomic mass is 16.3. The van der Waals surface area contributed by atoms with Crippen molar-refractivity contribution >= 4 is 6.03 Å². The van der Waals surface area contributed by atoms with Crippen molar-refractivity contribution in [2.24, 2.45) is 0 Å². The molecule has 92 valence electrons. The summed E-state index contributed by atoms with van der Waals surface area (Å²) in [6.45, 7) is 4.58. The molecular formula is C12H22N2O2. The zero-order valence-electron chi connectivity index (χ0n) is 10.1. The molecule has 4 heteroatoms. The lowest BCUT2D eigenvalue weighted by Crippen LogP contribution is -2.44. The van der Waals surface area contributed by atoms with Crippen LogP contribution < -0.4 is 10.6 Å². The largest absolute Gasteiger partial charge is 0.393 e.